The highest BCUT2D eigenvalue weighted by Gasteiger charge is 2.47. The molecule has 1 aliphatic carbocycles. The fourth-order valence-corrected chi connectivity index (χ4v) is 9.77. The van der Waals surface area contributed by atoms with Crippen molar-refractivity contribution in [1.82, 2.24) is 9.97 Å². The first-order valence-electron chi connectivity index (χ1n) is 20.7. The van der Waals surface area contributed by atoms with Gasteiger partial charge in [-0.05, 0) is 63.7 Å². The molecule has 0 spiro atoms. The van der Waals surface area contributed by atoms with E-state index >= 15 is 0 Å². The zero-order chi connectivity index (χ0) is 40.3. The summed E-state index contributed by atoms with van der Waals surface area (Å²) in [5.74, 6) is 0.590. The number of hydrogen-bond donors (Lipinski definition) is 0. The quantitative estimate of drug-likeness (QED) is 0.162. The van der Waals surface area contributed by atoms with E-state index in [2.05, 4.69) is 211 Å². The summed E-state index contributed by atoms with van der Waals surface area (Å²) in [6.07, 6.45) is 0. The van der Waals surface area contributed by atoms with Crippen molar-refractivity contribution in [3.8, 4) is 33.5 Å². The first kappa shape index (κ1) is 34.9. The molecule has 286 valence electrons. The molecule has 61 heavy (non-hydrogen) atoms. The van der Waals surface area contributed by atoms with Crippen LogP contribution in [0.5, 0.6) is 0 Å². The van der Waals surface area contributed by atoms with E-state index in [1.807, 2.05) is 18.2 Å². The van der Waals surface area contributed by atoms with Gasteiger partial charge in [-0.25, -0.2) is 9.97 Å². The van der Waals surface area contributed by atoms with Crippen molar-refractivity contribution < 1.29 is 4.42 Å². The average Bonchev–Trinajstić information content (AvgIpc) is 3.87. The minimum atomic E-state index is -0.565. The van der Waals surface area contributed by atoms with Crippen LogP contribution in [0, 0.1) is 0 Å². The van der Waals surface area contributed by atoms with Gasteiger partial charge >= 0.3 is 0 Å². The van der Waals surface area contributed by atoms with Crippen LogP contribution in [-0.2, 0) is 5.41 Å². The molecular weight excluding hydrogens is 743 g/mol. The van der Waals surface area contributed by atoms with E-state index in [0.717, 1.165) is 72.2 Å². The first-order valence-corrected chi connectivity index (χ1v) is 20.7. The Bertz CT molecular complexity index is 3370. The maximum atomic E-state index is 6.50. The van der Waals surface area contributed by atoms with Crippen molar-refractivity contribution in [2.75, 3.05) is 4.90 Å². The van der Waals surface area contributed by atoms with Crippen molar-refractivity contribution >= 4 is 50.2 Å². The second-order valence-electron chi connectivity index (χ2n) is 15.6. The molecule has 0 N–H and O–H groups in total. The summed E-state index contributed by atoms with van der Waals surface area (Å²) in [5.41, 5.74) is 15.3. The Kier molecular flexibility index (Phi) is 8.04. The van der Waals surface area contributed by atoms with Gasteiger partial charge in [0.05, 0.1) is 22.3 Å². The summed E-state index contributed by atoms with van der Waals surface area (Å²) >= 11 is 0. The second-order valence-corrected chi connectivity index (χ2v) is 15.6. The Hall–Kier alpha value is -8.08. The summed E-state index contributed by atoms with van der Waals surface area (Å²) in [4.78, 5) is 13.2. The molecule has 0 atom stereocenters. The van der Waals surface area contributed by atoms with Crippen LogP contribution in [0.2, 0.25) is 0 Å². The van der Waals surface area contributed by atoms with Gasteiger partial charge in [-0.1, -0.05) is 194 Å². The Labute approximate surface area is 353 Å². The molecule has 0 unspecified atom stereocenters. The van der Waals surface area contributed by atoms with Gasteiger partial charge in [-0.15, -0.1) is 0 Å². The van der Waals surface area contributed by atoms with Crippen LogP contribution in [0.4, 0.5) is 17.3 Å². The molecule has 9 aromatic carbocycles. The van der Waals surface area contributed by atoms with E-state index in [-0.39, 0.29) is 0 Å². The molecule has 0 bridgehead atoms. The molecule has 12 rings (SSSR count). The van der Waals surface area contributed by atoms with Crippen LogP contribution in [-0.4, -0.2) is 9.97 Å². The molecular formula is C57H37N3O. The molecule has 4 heteroatoms. The van der Waals surface area contributed by atoms with Crippen LogP contribution in [0.3, 0.4) is 0 Å². The van der Waals surface area contributed by atoms with Crippen molar-refractivity contribution in [3.63, 3.8) is 0 Å². The molecule has 0 saturated heterocycles. The Morgan fingerprint density at radius 1 is 0.410 bits per heavy atom. The summed E-state index contributed by atoms with van der Waals surface area (Å²) in [6, 6.07) is 79.7. The topological polar surface area (TPSA) is 42.2 Å². The molecule has 4 nitrogen and oxygen atoms in total. The highest BCUT2D eigenvalue weighted by Crippen LogP contribution is 2.59. The zero-order valence-corrected chi connectivity index (χ0v) is 33.1. The number of para-hydroxylation sites is 3. The van der Waals surface area contributed by atoms with E-state index in [0.29, 0.717) is 5.95 Å². The van der Waals surface area contributed by atoms with Gasteiger partial charge in [0, 0.05) is 38.5 Å². The number of nitrogens with zero attached hydrogens (tertiary/aromatic N) is 3. The van der Waals surface area contributed by atoms with Crippen LogP contribution in [0.15, 0.2) is 229 Å². The number of fused-ring (bicyclic) bond motifs is 7. The maximum absolute atomic E-state index is 6.50. The lowest BCUT2D eigenvalue weighted by atomic mass is 9.68. The van der Waals surface area contributed by atoms with Gasteiger partial charge < -0.3 is 4.42 Å². The highest BCUT2D eigenvalue weighted by atomic mass is 16.3. The smallest absolute Gasteiger partial charge is 0.235 e. The summed E-state index contributed by atoms with van der Waals surface area (Å²) in [7, 11) is 0. The largest absolute Gasteiger partial charge is 0.455 e. The van der Waals surface area contributed by atoms with Gasteiger partial charge in [0.25, 0.3) is 0 Å². The standard InChI is InChI=1S/C57H37N3O/c1-4-18-39(19-5-1)54-47-26-11-14-31-50(47)58-56(59-54)60(42-36-34-38(35-37-42)43-27-16-28-45-44-24-12-15-33-52(44)61-55(43)45)51-32-17-30-49-53(51)46-25-10-13-29-48(46)57(49,40-20-6-2-7-21-40)41-22-8-3-9-23-41/h1-37H. The number of aromatic nitrogens is 2. The molecule has 1 aliphatic rings. The van der Waals surface area contributed by atoms with E-state index in [1.165, 1.54) is 27.8 Å². The number of rotatable bonds is 7. The lowest BCUT2D eigenvalue weighted by Crippen LogP contribution is -2.28. The number of hydrogen-bond acceptors (Lipinski definition) is 4. The van der Waals surface area contributed by atoms with Crippen LogP contribution < -0.4 is 4.90 Å². The van der Waals surface area contributed by atoms with E-state index in [4.69, 9.17) is 14.4 Å². The van der Waals surface area contributed by atoms with Crippen LogP contribution >= 0.6 is 0 Å². The molecule has 2 heterocycles. The van der Waals surface area contributed by atoms with Crippen LogP contribution in [0.25, 0.3) is 66.4 Å². The molecule has 0 amide bonds. The summed E-state index contributed by atoms with van der Waals surface area (Å²) in [5, 5.41) is 3.23. The minimum absolute atomic E-state index is 0.565. The second kappa shape index (κ2) is 14.0. The van der Waals surface area contributed by atoms with Gasteiger partial charge in [-0.2, -0.15) is 0 Å². The average molecular weight is 780 g/mol. The maximum Gasteiger partial charge on any atom is 0.235 e. The normalized spacial score (nSPS) is 12.7. The van der Waals surface area contributed by atoms with E-state index < -0.39 is 5.41 Å². The molecule has 2 aromatic heterocycles. The molecule has 0 fully saturated rings. The molecule has 0 aliphatic heterocycles. The lowest BCUT2D eigenvalue weighted by Gasteiger charge is -2.34. The summed E-state index contributed by atoms with van der Waals surface area (Å²) in [6.45, 7) is 0. The molecule has 0 radical (unpaired) electrons. The van der Waals surface area contributed by atoms with Crippen molar-refractivity contribution in [1.29, 1.82) is 0 Å². The summed E-state index contributed by atoms with van der Waals surface area (Å²) < 4.78 is 6.50. The fraction of sp³-hybridized carbons (Fsp3) is 0.0175. The third kappa shape index (κ3) is 5.39. The first-order chi connectivity index (χ1) is 30.3. The van der Waals surface area contributed by atoms with Gasteiger partial charge in [0.15, 0.2) is 0 Å². The Balaban J connectivity index is 1.13. The SMILES string of the molecule is c1ccc(-c2nc(N(c3ccc(-c4cccc5c4oc4ccccc45)cc3)c3cccc4c3-c3ccccc3C4(c3ccccc3)c3ccccc3)nc3ccccc23)cc1. The monoisotopic (exact) mass is 779 g/mol. The minimum Gasteiger partial charge on any atom is -0.455 e. The van der Waals surface area contributed by atoms with Crippen LogP contribution in [0.1, 0.15) is 22.3 Å². The predicted molar refractivity (Wildman–Crippen MR) is 250 cm³/mol. The number of anilines is 3. The van der Waals surface area contributed by atoms with E-state index in [9.17, 15) is 0 Å². The zero-order valence-electron chi connectivity index (χ0n) is 33.1. The van der Waals surface area contributed by atoms with Crippen molar-refractivity contribution in [2.45, 2.75) is 5.41 Å². The van der Waals surface area contributed by atoms with Crippen molar-refractivity contribution in [2.24, 2.45) is 0 Å². The van der Waals surface area contributed by atoms with Crippen molar-refractivity contribution in [3.05, 3.63) is 247 Å². The Morgan fingerprint density at radius 2 is 1.00 bits per heavy atom. The van der Waals surface area contributed by atoms with Gasteiger partial charge in [-0.3, -0.25) is 4.90 Å². The number of furan rings is 1. The van der Waals surface area contributed by atoms with E-state index in [1.54, 1.807) is 0 Å². The predicted octanol–water partition coefficient (Wildman–Crippen LogP) is 14.7. The highest BCUT2D eigenvalue weighted by molar-refractivity contribution is 6.09. The van der Waals surface area contributed by atoms with Gasteiger partial charge in [0.1, 0.15) is 11.2 Å². The lowest BCUT2D eigenvalue weighted by molar-refractivity contribution is 0.670. The third-order valence-electron chi connectivity index (χ3n) is 12.4. The number of benzene rings is 9. The fourth-order valence-electron chi connectivity index (χ4n) is 9.77. The van der Waals surface area contributed by atoms with Gasteiger partial charge in [0.2, 0.25) is 5.95 Å². The molecule has 11 aromatic rings. The third-order valence-corrected chi connectivity index (χ3v) is 12.4. The molecule has 0 saturated carbocycles. The Morgan fingerprint density at radius 3 is 1.77 bits per heavy atom.